The van der Waals surface area contributed by atoms with Crippen LogP contribution in [-0.2, 0) is 11.8 Å². The van der Waals surface area contributed by atoms with Gasteiger partial charge < -0.3 is 5.32 Å². The number of rotatable bonds is 10. The van der Waals surface area contributed by atoms with E-state index in [2.05, 4.69) is 125 Å². The van der Waals surface area contributed by atoms with Crippen LogP contribution in [0.5, 0.6) is 0 Å². The van der Waals surface area contributed by atoms with E-state index in [1.165, 1.54) is 33.4 Å². The first-order valence-corrected chi connectivity index (χ1v) is 13.0. The van der Waals surface area contributed by atoms with Crippen LogP contribution < -0.4 is 5.32 Å². The first-order chi connectivity index (χ1) is 17.4. The van der Waals surface area contributed by atoms with Crippen molar-refractivity contribution in [2.24, 2.45) is 0 Å². The van der Waals surface area contributed by atoms with Crippen LogP contribution in [0.3, 0.4) is 0 Å². The Morgan fingerprint density at radius 3 is 2.44 bits per heavy atom. The van der Waals surface area contributed by atoms with Crippen LogP contribution in [0.25, 0.3) is 5.57 Å². The Labute approximate surface area is 219 Å². The van der Waals surface area contributed by atoms with E-state index in [4.69, 9.17) is 0 Å². The second kappa shape index (κ2) is 12.4. The highest BCUT2D eigenvalue weighted by atomic mass is 14.9. The second-order valence-corrected chi connectivity index (χ2v) is 9.64. The summed E-state index contributed by atoms with van der Waals surface area (Å²) in [6.45, 7) is 19.8. The van der Waals surface area contributed by atoms with E-state index >= 15 is 0 Å². The lowest BCUT2D eigenvalue weighted by molar-refractivity contribution is 0.658. The molecule has 0 amide bonds. The number of benzene rings is 2. The second-order valence-electron chi connectivity index (χ2n) is 9.64. The topological polar surface area (TPSA) is 12.0 Å². The number of anilines is 1. The monoisotopic (exact) mass is 475 g/mol. The Kier molecular flexibility index (Phi) is 9.31. The molecule has 3 rings (SSSR count). The number of hydrogen-bond donors (Lipinski definition) is 1. The highest BCUT2D eigenvalue weighted by Crippen LogP contribution is 2.49. The average molecular weight is 476 g/mol. The highest BCUT2D eigenvalue weighted by Gasteiger charge is 2.37. The molecule has 1 N–H and O–H groups in total. The van der Waals surface area contributed by atoms with Gasteiger partial charge in [0.1, 0.15) is 0 Å². The fraction of sp³-hybridized carbons (Fsp3) is 0.257. The lowest BCUT2D eigenvalue weighted by atomic mass is 9.81. The summed E-state index contributed by atoms with van der Waals surface area (Å²) < 4.78 is 0. The van der Waals surface area contributed by atoms with Crippen molar-refractivity contribution in [1.29, 1.82) is 0 Å². The number of fused-ring (bicyclic) bond motifs is 1. The summed E-state index contributed by atoms with van der Waals surface area (Å²) in [5.74, 6) is 0. The zero-order valence-corrected chi connectivity index (χ0v) is 22.7. The van der Waals surface area contributed by atoms with E-state index in [1.807, 2.05) is 19.1 Å². The molecule has 0 heterocycles. The molecule has 0 atom stereocenters. The predicted octanol–water partition coefficient (Wildman–Crippen LogP) is 9.54. The Morgan fingerprint density at radius 1 is 1.00 bits per heavy atom. The van der Waals surface area contributed by atoms with Gasteiger partial charge in [-0.2, -0.15) is 0 Å². The van der Waals surface area contributed by atoms with Gasteiger partial charge in [-0.15, -0.1) is 0 Å². The van der Waals surface area contributed by atoms with Gasteiger partial charge in [-0.25, -0.2) is 0 Å². The van der Waals surface area contributed by atoms with Gasteiger partial charge in [0.15, 0.2) is 0 Å². The summed E-state index contributed by atoms with van der Waals surface area (Å²) in [7, 11) is 0. The third kappa shape index (κ3) is 5.79. The van der Waals surface area contributed by atoms with Crippen LogP contribution in [0, 0.1) is 0 Å². The molecule has 0 spiro atoms. The average Bonchev–Trinajstić information content (AvgIpc) is 3.12. The molecular formula is C35H41N. The molecule has 0 radical (unpaired) electrons. The first-order valence-electron chi connectivity index (χ1n) is 13.0. The maximum atomic E-state index is 4.04. The molecule has 1 aliphatic carbocycles. The number of hydrogen-bond acceptors (Lipinski definition) is 1. The Hall–Kier alpha value is -3.58. The van der Waals surface area contributed by atoms with Crippen molar-refractivity contribution >= 4 is 11.3 Å². The molecule has 1 heteroatoms. The molecule has 2 aromatic rings. The van der Waals surface area contributed by atoms with Crippen LogP contribution in [-0.4, -0.2) is 6.54 Å². The molecule has 36 heavy (non-hydrogen) atoms. The summed E-state index contributed by atoms with van der Waals surface area (Å²) in [4.78, 5) is 0. The van der Waals surface area contributed by atoms with Crippen LogP contribution in [0.4, 0.5) is 5.69 Å². The van der Waals surface area contributed by atoms with Crippen molar-refractivity contribution in [2.75, 3.05) is 11.9 Å². The van der Waals surface area contributed by atoms with Crippen molar-refractivity contribution < 1.29 is 0 Å². The van der Waals surface area contributed by atoms with Gasteiger partial charge in [-0.3, -0.25) is 0 Å². The van der Waals surface area contributed by atoms with Gasteiger partial charge in [-0.05, 0) is 83.4 Å². The van der Waals surface area contributed by atoms with Crippen molar-refractivity contribution in [2.45, 2.75) is 52.9 Å². The lowest BCUT2D eigenvalue weighted by Crippen LogP contribution is -2.15. The summed E-state index contributed by atoms with van der Waals surface area (Å²) >= 11 is 0. The van der Waals surface area contributed by atoms with Gasteiger partial charge in [0, 0.05) is 17.6 Å². The third-order valence-electron chi connectivity index (χ3n) is 7.07. The summed E-state index contributed by atoms with van der Waals surface area (Å²) in [6.07, 6.45) is 16.8. The fourth-order valence-corrected chi connectivity index (χ4v) is 5.21. The first kappa shape index (κ1) is 27.0. The molecule has 1 nitrogen and oxygen atoms in total. The van der Waals surface area contributed by atoms with E-state index in [0.717, 1.165) is 36.2 Å². The zero-order valence-electron chi connectivity index (χ0n) is 22.7. The maximum absolute atomic E-state index is 4.04. The van der Waals surface area contributed by atoms with Crippen LogP contribution in [0.15, 0.2) is 127 Å². The number of allylic oxidation sites excluding steroid dienone is 11. The molecule has 0 aromatic heterocycles. The zero-order chi connectivity index (χ0) is 26.1. The third-order valence-corrected chi connectivity index (χ3v) is 7.07. The molecule has 0 unspecified atom stereocenters. The smallest absolute Gasteiger partial charge is 0.0345 e. The van der Waals surface area contributed by atoms with Crippen molar-refractivity contribution in [3.8, 4) is 0 Å². The molecular weight excluding hydrogens is 434 g/mol. The normalized spacial score (nSPS) is 17.9. The minimum absolute atomic E-state index is 0.0147. The minimum Gasteiger partial charge on any atom is -0.382 e. The molecule has 1 aliphatic rings. The van der Waals surface area contributed by atoms with Gasteiger partial charge >= 0.3 is 0 Å². The van der Waals surface area contributed by atoms with Crippen molar-refractivity contribution in [3.63, 3.8) is 0 Å². The molecule has 0 bridgehead atoms. The number of nitrogens with one attached hydrogen (secondary N) is 1. The van der Waals surface area contributed by atoms with Gasteiger partial charge in [0.05, 0.1) is 0 Å². The van der Waals surface area contributed by atoms with E-state index in [-0.39, 0.29) is 5.41 Å². The molecule has 0 saturated heterocycles. The molecule has 0 aliphatic heterocycles. The molecule has 2 aromatic carbocycles. The minimum atomic E-state index is 0.0147. The Morgan fingerprint density at radius 2 is 1.78 bits per heavy atom. The molecule has 186 valence electrons. The van der Waals surface area contributed by atoms with Crippen molar-refractivity contribution in [1.82, 2.24) is 0 Å². The van der Waals surface area contributed by atoms with Crippen LogP contribution >= 0.6 is 0 Å². The van der Waals surface area contributed by atoms with Gasteiger partial charge in [0.25, 0.3) is 0 Å². The van der Waals surface area contributed by atoms with E-state index < -0.39 is 0 Å². The highest BCUT2D eigenvalue weighted by molar-refractivity contribution is 5.89. The molecule has 0 fully saturated rings. The van der Waals surface area contributed by atoms with Crippen LogP contribution in [0.2, 0.25) is 0 Å². The Balaban J connectivity index is 1.77. The fourth-order valence-electron chi connectivity index (χ4n) is 5.21. The van der Waals surface area contributed by atoms with E-state index in [9.17, 15) is 0 Å². The maximum Gasteiger partial charge on any atom is 0.0345 e. The van der Waals surface area contributed by atoms with E-state index in [0.29, 0.717) is 0 Å². The van der Waals surface area contributed by atoms with Gasteiger partial charge in [-0.1, -0.05) is 113 Å². The lowest BCUT2D eigenvalue weighted by Gasteiger charge is -2.22. The Bertz CT molecular complexity index is 1260. The predicted molar refractivity (Wildman–Crippen MR) is 160 cm³/mol. The standard InChI is InChI=1S/C35H41N/c1-8-16-27(9-2)30(11-4)28(10-3)23-24-36-29-18-15-17-26(25-29)21-22-34-31(12-5)32-19-13-14-20-33(32)35(34,6)7/h8,10-20,22-23,25,36H,3-4,9,21,24H2,1-2,5-7H3/b16-8-,28-23-,30-27+,31-12-,34-22+. The van der Waals surface area contributed by atoms with Crippen molar-refractivity contribution in [3.05, 3.63) is 143 Å². The summed E-state index contributed by atoms with van der Waals surface area (Å²) in [5, 5.41) is 3.56. The molecule has 0 saturated carbocycles. The quantitative estimate of drug-likeness (QED) is 0.337. The summed E-state index contributed by atoms with van der Waals surface area (Å²) in [5.41, 5.74) is 11.5. The summed E-state index contributed by atoms with van der Waals surface area (Å²) in [6, 6.07) is 17.5. The largest absolute Gasteiger partial charge is 0.382 e. The SMILES string of the molecule is C=CC(=C/CNc1cccc(C/C=C2\C(=C/C)c3ccccc3C2(C)C)c1)/C(C=C)=C(/C=C\C)CC. The van der Waals surface area contributed by atoms with Crippen LogP contribution in [0.1, 0.15) is 57.7 Å². The van der Waals surface area contributed by atoms with Gasteiger partial charge in [0.2, 0.25) is 0 Å². The van der Waals surface area contributed by atoms with E-state index in [1.54, 1.807) is 0 Å².